The number of fused-ring (bicyclic) bond motifs is 7. The largest absolute Gasteiger partial charge is 0.456 e. The Bertz CT molecular complexity index is 3620. The van der Waals surface area contributed by atoms with Crippen LogP contribution in [0.15, 0.2) is 241 Å². The van der Waals surface area contributed by atoms with Crippen LogP contribution >= 0.6 is 0 Å². The van der Waals surface area contributed by atoms with E-state index in [1.165, 1.54) is 65.7 Å². The van der Waals surface area contributed by atoms with E-state index in [1.807, 2.05) is 12.1 Å². The smallest absolute Gasteiger partial charge is 0.136 e. The van der Waals surface area contributed by atoms with Gasteiger partial charge in [-0.3, -0.25) is 0 Å². The number of anilines is 3. The quantitative estimate of drug-likeness (QED) is 0.150. The Kier molecular flexibility index (Phi) is 8.53. The molecule has 290 valence electrons. The van der Waals surface area contributed by atoms with Gasteiger partial charge in [-0.2, -0.15) is 0 Å². The van der Waals surface area contributed by atoms with Crippen LogP contribution in [0.3, 0.4) is 0 Å². The van der Waals surface area contributed by atoms with Crippen molar-refractivity contribution < 1.29 is 4.42 Å². The van der Waals surface area contributed by atoms with Crippen molar-refractivity contribution in [1.82, 2.24) is 0 Å². The van der Waals surface area contributed by atoms with Crippen LogP contribution in [0.5, 0.6) is 0 Å². The highest BCUT2D eigenvalue weighted by molar-refractivity contribution is 6.12. The molecule has 0 atom stereocenters. The lowest BCUT2D eigenvalue weighted by molar-refractivity contribution is 0.669. The second-order valence-electron chi connectivity index (χ2n) is 16.1. The third-order valence-electron chi connectivity index (χ3n) is 12.4. The minimum absolute atomic E-state index is 0.893. The fourth-order valence-corrected chi connectivity index (χ4v) is 9.30. The first-order chi connectivity index (χ1) is 30.7. The first-order valence-electron chi connectivity index (χ1n) is 21.2. The highest BCUT2D eigenvalue weighted by atomic mass is 16.3. The van der Waals surface area contributed by atoms with E-state index >= 15 is 0 Å². The molecular weight excluding hydrogens is 751 g/mol. The van der Waals surface area contributed by atoms with Crippen molar-refractivity contribution in [3.8, 4) is 44.5 Å². The minimum Gasteiger partial charge on any atom is -0.456 e. The molecule has 2 nitrogen and oxygen atoms in total. The second-order valence-corrected chi connectivity index (χ2v) is 16.1. The standard InChI is InChI=1S/C60H39NO/c1-2-11-46-37-47(25-23-40(46)9-1)43-21-19-41(20-22-43)42-27-32-51(33-28-42)61(53-13-7-12-49(39-53)56-16-8-18-59-60(56)57-15-5-6-17-58(57)62-59)52-34-29-44(30-35-52)48-31-36-55-50(38-48)26-24-45-10-3-4-14-54(45)55/h1-39H. The Morgan fingerprint density at radius 1 is 0.258 bits per heavy atom. The number of hydrogen-bond donors (Lipinski definition) is 0. The van der Waals surface area contributed by atoms with Crippen LogP contribution in [0.2, 0.25) is 0 Å². The van der Waals surface area contributed by atoms with Crippen LogP contribution in [-0.2, 0) is 0 Å². The predicted octanol–water partition coefficient (Wildman–Crippen LogP) is 17.2. The van der Waals surface area contributed by atoms with Gasteiger partial charge in [0, 0.05) is 27.8 Å². The number of hydrogen-bond acceptors (Lipinski definition) is 2. The summed E-state index contributed by atoms with van der Waals surface area (Å²) in [4.78, 5) is 2.36. The maximum atomic E-state index is 6.30. The summed E-state index contributed by atoms with van der Waals surface area (Å²) in [6.45, 7) is 0. The molecule has 2 heteroatoms. The van der Waals surface area contributed by atoms with Crippen LogP contribution in [0.4, 0.5) is 17.1 Å². The van der Waals surface area contributed by atoms with Crippen LogP contribution in [0, 0.1) is 0 Å². The van der Waals surface area contributed by atoms with Crippen molar-refractivity contribution in [2.75, 3.05) is 4.90 Å². The van der Waals surface area contributed by atoms with E-state index in [0.717, 1.165) is 50.1 Å². The lowest BCUT2D eigenvalue weighted by Crippen LogP contribution is -2.10. The lowest BCUT2D eigenvalue weighted by Gasteiger charge is -2.26. The molecule has 1 aromatic heterocycles. The van der Waals surface area contributed by atoms with Crippen LogP contribution < -0.4 is 4.90 Å². The molecule has 0 unspecified atom stereocenters. The van der Waals surface area contributed by atoms with Crippen molar-refractivity contribution in [3.63, 3.8) is 0 Å². The summed E-state index contributed by atoms with van der Waals surface area (Å²) >= 11 is 0. The molecule has 0 saturated carbocycles. The third kappa shape index (κ3) is 6.29. The fraction of sp³-hybridized carbons (Fsp3) is 0. The van der Waals surface area contributed by atoms with Gasteiger partial charge in [0.15, 0.2) is 0 Å². The summed E-state index contributed by atoms with van der Waals surface area (Å²) in [5, 5.41) is 9.83. The average molecular weight is 790 g/mol. The number of benzene rings is 11. The van der Waals surface area contributed by atoms with Crippen molar-refractivity contribution in [3.05, 3.63) is 237 Å². The van der Waals surface area contributed by atoms with Gasteiger partial charge in [-0.05, 0) is 137 Å². The van der Waals surface area contributed by atoms with Crippen molar-refractivity contribution in [2.24, 2.45) is 0 Å². The molecule has 0 N–H and O–H groups in total. The van der Waals surface area contributed by atoms with E-state index in [2.05, 4.69) is 229 Å². The Morgan fingerprint density at radius 3 is 1.50 bits per heavy atom. The molecule has 0 saturated heterocycles. The first kappa shape index (κ1) is 35.7. The van der Waals surface area contributed by atoms with Gasteiger partial charge in [0.25, 0.3) is 0 Å². The number of para-hydroxylation sites is 1. The van der Waals surface area contributed by atoms with Crippen LogP contribution in [0.25, 0.3) is 98.8 Å². The van der Waals surface area contributed by atoms with Crippen molar-refractivity contribution >= 4 is 71.3 Å². The highest BCUT2D eigenvalue weighted by Crippen LogP contribution is 2.42. The Labute approximate surface area is 360 Å². The van der Waals surface area contributed by atoms with Gasteiger partial charge in [-0.15, -0.1) is 0 Å². The summed E-state index contributed by atoms with van der Waals surface area (Å²) in [7, 11) is 0. The molecule has 1 heterocycles. The normalized spacial score (nSPS) is 11.5. The zero-order valence-electron chi connectivity index (χ0n) is 33.9. The van der Waals surface area contributed by atoms with E-state index in [4.69, 9.17) is 4.42 Å². The summed E-state index contributed by atoms with van der Waals surface area (Å²) in [6, 6.07) is 85.5. The third-order valence-corrected chi connectivity index (χ3v) is 12.4. The van der Waals surface area contributed by atoms with Crippen LogP contribution in [0.1, 0.15) is 0 Å². The molecule has 0 aliphatic heterocycles. The molecule has 0 aliphatic rings. The Balaban J connectivity index is 0.919. The molecule has 0 aliphatic carbocycles. The van der Waals surface area contributed by atoms with Gasteiger partial charge in [0.05, 0.1) is 0 Å². The van der Waals surface area contributed by atoms with Gasteiger partial charge >= 0.3 is 0 Å². The van der Waals surface area contributed by atoms with Gasteiger partial charge in [-0.25, -0.2) is 0 Å². The zero-order valence-corrected chi connectivity index (χ0v) is 33.9. The van der Waals surface area contributed by atoms with E-state index in [1.54, 1.807) is 0 Å². The minimum atomic E-state index is 0.893. The van der Waals surface area contributed by atoms with Crippen molar-refractivity contribution in [2.45, 2.75) is 0 Å². The fourth-order valence-electron chi connectivity index (χ4n) is 9.30. The summed E-state index contributed by atoms with van der Waals surface area (Å²) in [5.74, 6) is 0. The van der Waals surface area contributed by atoms with Crippen molar-refractivity contribution in [1.29, 1.82) is 0 Å². The zero-order chi connectivity index (χ0) is 41.0. The first-order valence-corrected chi connectivity index (χ1v) is 21.2. The predicted molar refractivity (Wildman–Crippen MR) is 263 cm³/mol. The molecule has 11 aromatic carbocycles. The van der Waals surface area contributed by atoms with E-state index in [-0.39, 0.29) is 0 Å². The van der Waals surface area contributed by atoms with E-state index in [9.17, 15) is 0 Å². The SMILES string of the molecule is c1cc(-c2cccc3oc4ccccc4c23)cc(N(c2ccc(-c3ccc(-c4ccc5ccccc5c4)cc3)cc2)c2ccc(-c3ccc4c(ccc5ccccc54)c3)cc2)c1. The molecule has 0 bridgehead atoms. The highest BCUT2D eigenvalue weighted by Gasteiger charge is 2.17. The summed E-state index contributed by atoms with van der Waals surface area (Å²) < 4.78 is 6.30. The number of nitrogens with zero attached hydrogens (tertiary/aromatic N) is 1. The summed E-state index contributed by atoms with van der Waals surface area (Å²) in [5.41, 5.74) is 14.5. The van der Waals surface area contributed by atoms with E-state index < -0.39 is 0 Å². The van der Waals surface area contributed by atoms with Crippen LogP contribution in [-0.4, -0.2) is 0 Å². The maximum absolute atomic E-state index is 6.30. The maximum Gasteiger partial charge on any atom is 0.136 e. The number of furan rings is 1. The monoisotopic (exact) mass is 789 g/mol. The second kappa shape index (κ2) is 14.8. The lowest BCUT2D eigenvalue weighted by atomic mass is 9.97. The molecular formula is C60H39NO. The average Bonchev–Trinajstić information content (AvgIpc) is 3.73. The molecule has 0 spiro atoms. The molecule has 12 aromatic rings. The Hall–Kier alpha value is -8.20. The van der Waals surface area contributed by atoms with Gasteiger partial charge < -0.3 is 9.32 Å². The molecule has 0 radical (unpaired) electrons. The number of rotatable bonds is 7. The molecule has 62 heavy (non-hydrogen) atoms. The van der Waals surface area contributed by atoms with Gasteiger partial charge in [0.1, 0.15) is 11.2 Å². The van der Waals surface area contributed by atoms with E-state index in [0.29, 0.717) is 0 Å². The summed E-state index contributed by atoms with van der Waals surface area (Å²) in [6.07, 6.45) is 0. The van der Waals surface area contributed by atoms with Gasteiger partial charge in [-0.1, -0.05) is 176 Å². The topological polar surface area (TPSA) is 16.4 Å². The van der Waals surface area contributed by atoms with Gasteiger partial charge in [0.2, 0.25) is 0 Å². The molecule has 0 amide bonds. The Morgan fingerprint density at radius 2 is 0.758 bits per heavy atom. The molecule has 0 fully saturated rings. The molecule has 12 rings (SSSR count).